The highest BCUT2D eigenvalue weighted by Crippen LogP contribution is 1.90. The maximum Gasteiger partial charge on any atom is 0.328 e. The number of rotatable bonds is 21. The summed E-state index contributed by atoms with van der Waals surface area (Å²) in [5.41, 5.74) is 0. The summed E-state index contributed by atoms with van der Waals surface area (Å²) in [5.74, 6) is -7.14. The first kappa shape index (κ1) is 63.5. The van der Waals surface area contributed by atoms with Crippen molar-refractivity contribution < 1.29 is 93.3 Å². The Morgan fingerprint density at radius 1 is 0.339 bits per heavy atom. The summed E-state index contributed by atoms with van der Waals surface area (Å²) in [5, 5.41) is 56.6. The van der Waals surface area contributed by atoms with Gasteiger partial charge in [0.2, 0.25) is 0 Å². The van der Waals surface area contributed by atoms with E-state index in [4.69, 9.17) is 35.7 Å². The summed E-state index contributed by atoms with van der Waals surface area (Å²) >= 11 is 0. The SMILES string of the molecule is CC(=O)/C=C/C(=O)O.CC(=O)/C=C/C/C=C/C(=O)O.CC(=O)/C=C/C=C/CC(=O)O.CC(=O)C/C=C/C(=O)O.CC(=O)C/C=C/CC(=O)O.O=C(O)/C=C/CCC(=O)O. The van der Waals surface area contributed by atoms with Crippen LogP contribution in [-0.4, -0.2) is 106 Å². The van der Waals surface area contributed by atoms with E-state index in [0.717, 1.165) is 30.4 Å². The monoisotopic (exact) mass is 836 g/mol. The molecule has 19 heteroatoms. The van der Waals surface area contributed by atoms with Gasteiger partial charge in [-0.05, 0) is 65.7 Å². The molecule has 0 saturated heterocycles. The number of hydrogen-bond acceptors (Lipinski definition) is 12. The van der Waals surface area contributed by atoms with Crippen molar-refractivity contribution in [1.29, 1.82) is 0 Å². The van der Waals surface area contributed by atoms with E-state index >= 15 is 0 Å². The molecule has 7 N–H and O–H groups in total. The molecule has 0 aliphatic heterocycles. The lowest BCUT2D eigenvalue weighted by Gasteiger charge is -1.84. The highest BCUT2D eigenvalue weighted by molar-refractivity contribution is 5.93. The Kier molecular flexibility index (Phi) is 50.3. The average molecular weight is 837 g/mol. The third-order valence-corrected chi connectivity index (χ3v) is 4.53. The first-order valence-electron chi connectivity index (χ1n) is 16.7. The predicted molar refractivity (Wildman–Crippen MR) is 212 cm³/mol. The average Bonchev–Trinajstić information content (AvgIpc) is 3.08. The smallest absolute Gasteiger partial charge is 0.328 e. The number of carboxylic acid groups (broad SMARTS) is 7. The van der Waals surface area contributed by atoms with E-state index in [1.54, 1.807) is 12.2 Å². The van der Waals surface area contributed by atoms with Gasteiger partial charge < -0.3 is 35.7 Å². The summed E-state index contributed by atoms with van der Waals surface area (Å²) in [7, 11) is 0. The number of carbonyl (C=O) groups is 12. The molecule has 0 rings (SSSR count). The molecule has 0 aromatic heterocycles. The number of hydrogen-bond donors (Lipinski definition) is 7. The Morgan fingerprint density at radius 2 is 0.712 bits per heavy atom. The highest BCUT2D eigenvalue weighted by Gasteiger charge is 1.93. The minimum Gasteiger partial charge on any atom is -0.481 e. The molecule has 0 aliphatic rings. The summed E-state index contributed by atoms with van der Waals surface area (Å²) < 4.78 is 0. The summed E-state index contributed by atoms with van der Waals surface area (Å²) in [6.45, 7) is 7.04. The zero-order valence-electron chi connectivity index (χ0n) is 33.2. The molecule has 19 nitrogen and oxygen atoms in total. The van der Waals surface area contributed by atoms with Crippen molar-refractivity contribution in [2.75, 3.05) is 0 Å². The molecule has 0 spiro atoms. The van der Waals surface area contributed by atoms with Gasteiger partial charge in [-0.2, -0.15) is 0 Å². The van der Waals surface area contributed by atoms with Crippen LogP contribution in [-0.2, 0) is 57.5 Å². The second-order valence-electron chi connectivity index (χ2n) is 10.6. The van der Waals surface area contributed by atoms with Gasteiger partial charge in [0.15, 0.2) is 17.3 Å². The van der Waals surface area contributed by atoms with Crippen LogP contribution in [0, 0.1) is 0 Å². The van der Waals surface area contributed by atoms with Crippen molar-refractivity contribution in [2.45, 2.75) is 79.6 Å². The van der Waals surface area contributed by atoms with E-state index in [0.29, 0.717) is 12.8 Å². The molecular formula is C40H52O19. The number of carboxylic acids is 7. The minimum absolute atomic E-state index is 0.00667. The number of aliphatic carboxylic acids is 7. The Balaban J connectivity index is -0.000000143. The van der Waals surface area contributed by atoms with Crippen LogP contribution in [0.25, 0.3) is 0 Å². The first-order valence-corrected chi connectivity index (χ1v) is 16.7. The molecule has 0 radical (unpaired) electrons. The van der Waals surface area contributed by atoms with Crippen molar-refractivity contribution in [3.63, 3.8) is 0 Å². The second kappa shape index (κ2) is 46.7. The van der Waals surface area contributed by atoms with Crippen molar-refractivity contribution in [2.24, 2.45) is 0 Å². The van der Waals surface area contributed by atoms with Gasteiger partial charge in [-0.3, -0.25) is 38.4 Å². The van der Waals surface area contributed by atoms with Crippen LogP contribution in [0.4, 0.5) is 0 Å². The van der Waals surface area contributed by atoms with Gasteiger partial charge in [0.25, 0.3) is 0 Å². The molecule has 0 saturated carbocycles. The molecule has 0 aromatic carbocycles. The third-order valence-electron chi connectivity index (χ3n) is 4.53. The van der Waals surface area contributed by atoms with Crippen LogP contribution in [0.3, 0.4) is 0 Å². The maximum atomic E-state index is 10.3. The lowest BCUT2D eigenvalue weighted by molar-refractivity contribution is -0.137. The lowest BCUT2D eigenvalue weighted by Crippen LogP contribution is -1.92. The van der Waals surface area contributed by atoms with Crippen molar-refractivity contribution in [1.82, 2.24) is 0 Å². The van der Waals surface area contributed by atoms with Crippen LogP contribution in [0.1, 0.15) is 79.6 Å². The van der Waals surface area contributed by atoms with Gasteiger partial charge in [0.1, 0.15) is 11.6 Å². The first-order chi connectivity index (χ1) is 27.3. The fraction of sp³-hybridized carbons (Fsp3) is 0.300. The molecule has 0 atom stereocenters. The zero-order chi connectivity index (χ0) is 47.2. The second-order valence-corrected chi connectivity index (χ2v) is 10.6. The molecule has 59 heavy (non-hydrogen) atoms. The van der Waals surface area contributed by atoms with Crippen LogP contribution < -0.4 is 0 Å². The topological polar surface area (TPSA) is 346 Å². The summed E-state index contributed by atoms with van der Waals surface area (Å²) in [6.07, 6.45) is 22.1. The molecule has 0 aromatic rings. The van der Waals surface area contributed by atoms with Gasteiger partial charge in [0.05, 0.1) is 12.8 Å². The molecule has 326 valence electrons. The Bertz CT molecular complexity index is 1560. The molecule has 0 fully saturated rings. The van der Waals surface area contributed by atoms with Crippen LogP contribution in [0.15, 0.2) is 97.2 Å². The maximum absolute atomic E-state index is 10.3. The predicted octanol–water partition coefficient (Wildman–Crippen LogP) is 4.64. The molecule has 0 aliphatic carbocycles. The van der Waals surface area contributed by atoms with Crippen molar-refractivity contribution >= 4 is 70.7 Å². The van der Waals surface area contributed by atoms with Gasteiger partial charge in [-0.1, -0.05) is 54.7 Å². The van der Waals surface area contributed by atoms with Gasteiger partial charge in [0, 0.05) is 43.6 Å². The Labute approximate surface area is 340 Å². The molecule has 0 heterocycles. The minimum atomic E-state index is -1.10. The fourth-order valence-corrected chi connectivity index (χ4v) is 2.26. The number of ketones is 5. The van der Waals surface area contributed by atoms with Crippen LogP contribution in [0.5, 0.6) is 0 Å². The fourth-order valence-electron chi connectivity index (χ4n) is 2.26. The van der Waals surface area contributed by atoms with E-state index in [2.05, 4.69) is 0 Å². The molecule has 0 bridgehead atoms. The van der Waals surface area contributed by atoms with E-state index in [9.17, 15) is 57.5 Å². The quantitative estimate of drug-likeness (QED) is 0.0470. The van der Waals surface area contributed by atoms with E-state index in [-0.39, 0.29) is 61.0 Å². The standard InChI is InChI=1S/2C8H10O3.C7H10O3.C6H8O4.C6H8O3.C5H6O3/c2*1-7(9)5-3-2-4-6-8(10)11;1-6(8)4-2-3-5-7(9)10;7-5(8)3-1-2-4-6(9)10;1-5(7)3-2-4-6(8)9;1-4(6)2-3-5(7)8/h3-6H,2H2,1H3,(H,10,11);2-5H,6H2,1H3,(H,10,11);2-3H,4-5H2,1H3,(H,9,10);1,3H,2,4H2,(H,7,8)(H,9,10);2,4H,3H2,1H3,(H,8,9);2-3H,1H3,(H,7,8)/b5-3+,6-4+;4-2+,5-3+;3-2+;3-1+;4-2+;3-2+. The number of allylic oxidation sites excluding steroid dienone is 10. The summed E-state index contributed by atoms with van der Waals surface area (Å²) in [6, 6.07) is 0. The van der Waals surface area contributed by atoms with Gasteiger partial charge in [-0.25, -0.2) is 19.2 Å². The lowest BCUT2D eigenvalue weighted by atomic mass is 10.3. The van der Waals surface area contributed by atoms with E-state index in [1.165, 1.54) is 89.3 Å². The zero-order valence-corrected chi connectivity index (χ0v) is 33.2. The van der Waals surface area contributed by atoms with E-state index in [1.807, 2.05) is 0 Å². The molecule has 0 amide bonds. The normalized spacial score (nSPS) is 10.3. The molecule has 0 unspecified atom stereocenters. The highest BCUT2D eigenvalue weighted by atomic mass is 16.4. The van der Waals surface area contributed by atoms with Gasteiger partial charge in [-0.15, -0.1) is 0 Å². The Hall–Kier alpha value is -7.44. The molecular weight excluding hydrogens is 784 g/mol. The van der Waals surface area contributed by atoms with E-state index < -0.39 is 41.8 Å². The van der Waals surface area contributed by atoms with Crippen LogP contribution in [0.2, 0.25) is 0 Å². The number of Topliss-reactive ketones (excluding diaryl/α,β-unsaturated/α-hetero) is 2. The summed E-state index contributed by atoms with van der Waals surface area (Å²) in [4.78, 5) is 120. The van der Waals surface area contributed by atoms with Crippen molar-refractivity contribution in [3.8, 4) is 0 Å². The largest absolute Gasteiger partial charge is 0.481 e. The van der Waals surface area contributed by atoms with Gasteiger partial charge >= 0.3 is 41.8 Å². The van der Waals surface area contributed by atoms with Crippen molar-refractivity contribution in [3.05, 3.63) is 97.2 Å². The van der Waals surface area contributed by atoms with Crippen LogP contribution >= 0.6 is 0 Å². The Morgan fingerprint density at radius 3 is 1.08 bits per heavy atom. The third kappa shape index (κ3) is 106. The number of carbonyl (C=O) groups excluding carboxylic acids is 5.